The lowest BCUT2D eigenvalue weighted by molar-refractivity contribution is 0.315. The summed E-state index contributed by atoms with van der Waals surface area (Å²) in [4.78, 5) is 8.50. The highest BCUT2D eigenvalue weighted by Crippen LogP contribution is 2.19. The zero-order valence-electron chi connectivity index (χ0n) is 6.90. The number of fused-ring (bicyclic) bond motifs is 3. The van der Waals surface area contributed by atoms with Crippen LogP contribution in [0.2, 0.25) is 0 Å². The first kappa shape index (κ1) is 6.59. The minimum absolute atomic E-state index is 0.734. The van der Waals surface area contributed by atoms with Gasteiger partial charge in [-0.25, -0.2) is 9.97 Å². The molecule has 0 saturated carbocycles. The van der Waals surface area contributed by atoms with Gasteiger partial charge in [-0.3, -0.25) is 4.63 Å². The molecule has 0 aliphatic carbocycles. The first-order valence-electron chi connectivity index (χ1n) is 3.92. The maximum Gasteiger partial charge on any atom is 0.160 e. The third-order valence-corrected chi connectivity index (χ3v) is 1.98. The smallest absolute Gasteiger partial charge is 0.160 e. The van der Waals surface area contributed by atoms with E-state index in [-0.39, 0.29) is 0 Å². The van der Waals surface area contributed by atoms with Crippen LogP contribution in [-0.2, 0) is 0 Å². The number of nitrogens with zero attached hydrogens (tertiary/aromatic N) is 3. The van der Waals surface area contributed by atoms with Gasteiger partial charge in [0.15, 0.2) is 5.52 Å². The second-order valence-corrected chi connectivity index (χ2v) is 2.88. The molecule has 0 bridgehead atoms. The Bertz CT molecular complexity index is 580. The Morgan fingerprint density at radius 1 is 1.23 bits per heavy atom. The lowest BCUT2D eigenvalue weighted by atomic mass is 10.3. The van der Waals surface area contributed by atoms with Crippen LogP contribution in [-0.4, -0.2) is 20.3 Å². The van der Waals surface area contributed by atoms with Gasteiger partial charge in [0.25, 0.3) is 0 Å². The van der Waals surface area contributed by atoms with Gasteiger partial charge >= 0.3 is 0 Å². The number of nitrogens with one attached hydrogen (secondary N) is 1. The molecule has 3 rings (SSSR count). The summed E-state index contributed by atoms with van der Waals surface area (Å²) in [6.45, 7) is 1.86. The van der Waals surface area contributed by atoms with E-state index in [9.17, 15) is 0 Å². The van der Waals surface area contributed by atoms with Crippen molar-refractivity contribution in [2.24, 2.45) is 0 Å². The Morgan fingerprint density at radius 3 is 3.08 bits per heavy atom. The van der Waals surface area contributed by atoms with Crippen LogP contribution in [0.1, 0.15) is 5.82 Å². The second-order valence-electron chi connectivity index (χ2n) is 2.88. The average Bonchev–Trinajstić information content (AvgIpc) is 2.65. The van der Waals surface area contributed by atoms with E-state index in [0.29, 0.717) is 0 Å². The average molecular weight is 174 g/mol. The highest BCUT2D eigenvalue weighted by Gasteiger charge is 2.08. The fourth-order valence-electron chi connectivity index (χ4n) is 1.42. The number of H-pyrrole nitrogens is 1. The topological polar surface area (TPSA) is 67.6 Å². The molecule has 0 aliphatic rings. The molecule has 0 unspecified atom stereocenters. The summed E-state index contributed by atoms with van der Waals surface area (Å²) in [7, 11) is 0. The van der Waals surface area contributed by atoms with Gasteiger partial charge in [-0.15, -0.1) is 0 Å². The third kappa shape index (κ3) is 0.780. The number of aromatic amines is 1. The number of benzene rings is 1. The Kier molecular flexibility index (Phi) is 1.05. The molecule has 0 fully saturated rings. The summed E-state index contributed by atoms with van der Waals surface area (Å²) < 4.78 is 4.74. The summed E-state index contributed by atoms with van der Waals surface area (Å²) in [5.74, 6) is 0.755. The standard InChI is InChI=1S/C8H6N4O/c1-4-9-5-2-3-6-8(7(5)10-4)12-13-11-6/h2-3,11H,1H3. The number of aromatic nitrogens is 4. The van der Waals surface area contributed by atoms with Gasteiger partial charge in [0.1, 0.15) is 16.9 Å². The number of hydrogen-bond donors (Lipinski definition) is 1. The molecule has 0 saturated heterocycles. The Morgan fingerprint density at radius 2 is 2.15 bits per heavy atom. The number of rotatable bonds is 0. The minimum Gasteiger partial charge on any atom is -0.270 e. The van der Waals surface area contributed by atoms with Crippen molar-refractivity contribution in [3.05, 3.63) is 18.0 Å². The normalized spacial score (nSPS) is 11.5. The van der Waals surface area contributed by atoms with Crippen LogP contribution < -0.4 is 0 Å². The van der Waals surface area contributed by atoms with E-state index < -0.39 is 0 Å². The summed E-state index contributed by atoms with van der Waals surface area (Å²) in [5, 5.41) is 6.49. The molecule has 3 aromatic rings. The largest absolute Gasteiger partial charge is 0.270 e. The number of aryl methyl sites for hydroxylation is 1. The van der Waals surface area contributed by atoms with Crippen molar-refractivity contribution < 1.29 is 4.63 Å². The number of imidazole rings is 1. The highest BCUT2D eigenvalue weighted by atomic mass is 16.6. The van der Waals surface area contributed by atoms with Gasteiger partial charge in [0, 0.05) is 0 Å². The van der Waals surface area contributed by atoms with Crippen LogP contribution in [0.3, 0.4) is 0 Å². The molecule has 2 aromatic heterocycles. The molecule has 5 nitrogen and oxygen atoms in total. The maximum atomic E-state index is 4.74. The zero-order chi connectivity index (χ0) is 8.84. The van der Waals surface area contributed by atoms with Crippen LogP contribution in [0.15, 0.2) is 16.8 Å². The van der Waals surface area contributed by atoms with E-state index in [4.69, 9.17) is 4.63 Å². The van der Waals surface area contributed by atoms with Crippen molar-refractivity contribution in [1.29, 1.82) is 0 Å². The van der Waals surface area contributed by atoms with Crippen LogP contribution in [0, 0.1) is 6.92 Å². The molecular formula is C8H6N4O. The molecule has 13 heavy (non-hydrogen) atoms. The fourth-order valence-corrected chi connectivity index (χ4v) is 1.42. The quantitative estimate of drug-likeness (QED) is 0.559. The first-order valence-corrected chi connectivity index (χ1v) is 3.92. The van der Waals surface area contributed by atoms with Gasteiger partial charge in [-0.2, -0.15) is 5.16 Å². The molecule has 2 heterocycles. The lowest BCUT2D eigenvalue weighted by Gasteiger charge is -1.84. The van der Waals surface area contributed by atoms with Crippen molar-refractivity contribution in [3.8, 4) is 0 Å². The molecule has 1 aromatic carbocycles. The predicted molar refractivity (Wildman–Crippen MR) is 46.2 cm³/mol. The predicted octanol–water partition coefficient (Wildman–Crippen LogP) is 1.41. The van der Waals surface area contributed by atoms with E-state index in [1.54, 1.807) is 0 Å². The van der Waals surface area contributed by atoms with E-state index in [0.717, 1.165) is 27.9 Å². The Hall–Kier alpha value is -1.91. The Labute approximate surface area is 72.7 Å². The maximum absolute atomic E-state index is 4.74. The van der Waals surface area contributed by atoms with E-state index in [1.165, 1.54) is 0 Å². The minimum atomic E-state index is 0.734. The van der Waals surface area contributed by atoms with Crippen molar-refractivity contribution in [1.82, 2.24) is 20.3 Å². The summed E-state index contributed by atoms with van der Waals surface area (Å²) in [5.41, 5.74) is 3.22. The van der Waals surface area contributed by atoms with E-state index >= 15 is 0 Å². The Balaban J connectivity index is 2.64. The van der Waals surface area contributed by atoms with Gasteiger partial charge < -0.3 is 0 Å². The van der Waals surface area contributed by atoms with Crippen LogP contribution >= 0.6 is 0 Å². The van der Waals surface area contributed by atoms with Gasteiger partial charge in [-0.05, 0) is 24.2 Å². The molecular weight excluding hydrogens is 168 g/mol. The lowest BCUT2D eigenvalue weighted by Crippen LogP contribution is -1.73. The van der Waals surface area contributed by atoms with Gasteiger partial charge in [-0.1, -0.05) is 0 Å². The summed E-state index contributed by atoms with van der Waals surface area (Å²) in [6.07, 6.45) is 0. The first-order chi connectivity index (χ1) is 6.34. The van der Waals surface area contributed by atoms with Crippen molar-refractivity contribution in [2.45, 2.75) is 6.92 Å². The van der Waals surface area contributed by atoms with Crippen molar-refractivity contribution in [2.75, 3.05) is 0 Å². The molecule has 64 valence electrons. The molecule has 0 atom stereocenters. The molecule has 0 amide bonds. The summed E-state index contributed by atoms with van der Waals surface area (Å²) in [6, 6.07) is 3.77. The third-order valence-electron chi connectivity index (χ3n) is 1.98. The van der Waals surface area contributed by atoms with Crippen molar-refractivity contribution in [3.63, 3.8) is 0 Å². The highest BCUT2D eigenvalue weighted by molar-refractivity contribution is 5.99. The molecule has 1 N–H and O–H groups in total. The van der Waals surface area contributed by atoms with Crippen LogP contribution in [0.4, 0.5) is 0 Å². The summed E-state index contributed by atoms with van der Waals surface area (Å²) >= 11 is 0. The molecule has 0 aliphatic heterocycles. The van der Waals surface area contributed by atoms with E-state index in [2.05, 4.69) is 20.3 Å². The van der Waals surface area contributed by atoms with E-state index in [1.807, 2.05) is 19.1 Å². The molecule has 0 spiro atoms. The SMILES string of the molecule is Cc1nc2ccc3[nH]onc3c2n1. The van der Waals surface area contributed by atoms with Crippen LogP contribution in [0.25, 0.3) is 22.1 Å². The van der Waals surface area contributed by atoms with Gasteiger partial charge in [0.05, 0.1) is 5.52 Å². The second kappa shape index (κ2) is 2.07. The number of hydrogen-bond acceptors (Lipinski definition) is 4. The fraction of sp³-hybridized carbons (Fsp3) is 0.125. The zero-order valence-corrected chi connectivity index (χ0v) is 6.90. The van der Waals surface area contributed by atoms with Gasteiger partial charge in [0.2, 0.25) is 0 Å². The molecule has 5 heteroatoms. The van der Waals surface area contributed by atoms with Crippen LogP contribution in [0.5, 0.6) is 0 Å². The molecule has 0 radical (unpaired) electrons. The van der Waals surface area contributed by atoms with Crippen molar-refractivity contribution >= 4 is 22.1 Å². The monoisotopic (exact) mass is 174 g/mol.